The molecule has 0 aromatic heterocycles. The summed E-state index contributed by atoms with van der Waals surface area (Å²) in [5.74, 6) is 0.362. The third kappa shape index (κ3) is 5.48. The fraction of sp³-hybridized carbons (Fsp3) is 0.381. The van der Waals surface area contributed by atoms with Crippen LogP contribution in [0.4, 0.5) is 5.69 Å². The summed E-state index contributed by atoms with van der Waals surface area (Å²) < 4.78 is 31.4. The SMILES string of the molecule is CCOc1cccc(CNC(=O)[C@H](C)N(c2ccc(C)c(C)c2)S(C)(=O)=O)c1. The highest BCUT2D eigenvalue weighted by molar-refractivity contribution is 7.92. The fourth-order valence-electron chi connectivity index (χ4n) is 2.92. The molecule has 0 aliphatic carbocycles. The van der Waals surface area contributed by atoms with Crippen molar-refractivity contribution in [3.05, 3.63) is 59.2 Å². The van der Waals surface area contributed by atoms with E-state index in [2.05, 4.69) is 5.32 Å². The molecule has 2 aromatic rings. The first-order valence-corrected chi connectivity index (χ1v) is 11.0. The van der Waals surface area contributed by atoms with Gasteiger partial charge in [-0.25, -0.2) is 8.42 Å². The predicted octanol–water partition coefficient (Wildman–Crippen LogP) is 3.17. The molecule has 2 rings (SSSR count). The van der Waals surface area contributed by atoms with Crippen molar-refractivity contribution in [2.24, 2.45) is 0 Å². The number of benzene rings is 2. The number of carbonyl (C=O) groups is 1. The molecule has 0 fully saturated rings. The van der Waals surface area contributed by atoms with E-state index in [1.165, 1.54) is 0 Å². The summed E-state index contributed by atoms with van der Waals surface area (Å²) >= 11 is 0. The Balaban J connectivity index is 2.17. The van der Waals surface area contributed by atoms with Crippen molar-refractivity contribution < 1.29 is 17.9 Å². The maximum absolute atomic E-state index is 12.7. The van der Waals surface area contributed by atoms with Crippen LogP contribution in [0.5, 0.6) is 5.75 Å². The fourth-order valence-corrected chi connectivity index (χ4v) is 4.09. The molecule has 0 radical (unpaired) electrons. The van der Waals surface area contributed by atoms with Crippen molar-refractivity contribution in [1.29, 1.82) is 0 Å². The Morgan fingerprint density at radius 1 is 1.14 bits per heavy atom. The smallest absolute Gasteiger partial charge is 0.243 e. The molecule has 0 saturated heterocycles. The Labute approximate surface area is 167 Å². The third-order valence-electron chi connectivity index (χ3n) is 4.51. The van der Waals surface area contributed by atoms with Crippen molar-refractivity contribution >= 4 is 21.6 Å². The van der Waals surface area contributed by atoms with Gasteiger partial charge in [0, 0.05) is 6.54 Å². The van der Waals surface area contributed by atoms with Crippen LogP contribution >= 0.6 is 0 Å². The van der Waals surface area contributed by atoms with E-state index in [4.69, 9.17) is 4.74 Å². The van der Waals surface area contributed by atoms with Crippen LogP contribution in [0.1, 0.15) is 30.5 Å². The van der Waals surface area contributed by atoms with E-state index in [1.807, 2.05) is 51.1 Å². The summed E-state index contributed by atoms with van der Waals surface area (Å²) in [5, 5.41) is 2.82. The highest BCUT2D eigenvalue weighted by atomic mass is 32.2. The molecule has 0 aliphatic rings. The van der Waals surface area contributed by atoms with Gasteiger partial charge in [-0.05, 0) is 68.7 Å². The van der Waals surface area contributed by atoms with Gasteiger partial charge < -0.3 is 10.1 Å². The number of nitrogens with zero attached hydrogens (tertiary/aromatic N) is 1. The van der Waals surface area contributed by atoms with Crippen LogP contribution in [0.15, 0.2) is 42.5 Å². The molecular weight excluding hydrogens is 376 g/mol. The van der Waals surface area contributed by atoms with E-state index in [0.29, 0.717) is 12.3 Å². The molecule has 0 bridgehead atoms. The summed E-state index contributed by atoms with van der Waals surface area (Å²) in [6, 6.07) is 11.9. The van der Waals surface area contributed by atoms with E-state index in [0.717, 1.165) is 33.0 Å². The molecule has 0 spiro atoms. The molecule has 0 saturated carbocycles. The molecule has 28 heavy (non-hydrogen) atoms. The summed E-state index contributed by atoms with van der Waals surface area (Å²) in [5.41, 5.74) is 3.38. The van der Waals surface area contributed by atoms with Gasteiger partial charge in [-0.15, -0.1) is 0 Å². The molecule has 0 heterocycles. The minimum Gasteiger partial charge on any atom is -0.494 e. The molecule has 2 aromatic carbocycles. The maximum atomic E-state index is 12.7. The summed E-state index contributed by atoms with van der Waals surface area (Å²) in [4.78, 5) is 12.7. The quantitative estimate of drug-likeness (QED) is 0.733. The number of anilines is 1. The lowest BCUT2D eigenvalue weighted by Crippen LogP contribution is -2.47. The Bertz CT molecular complexity index is 941. The van der Waals surface area contributed by atoms with Crippen LogP contribution in [0.3, 0.4) is 0 Å². The van der Waals surface area contributed by atoms with Gasteiger partial charge in [0.2, 0.25) is 15.9 Å². The number of hydrogen-bond donors (Lipinski definition) is 1. The first-order chi connectivity index (χ1) is 13.1. The van der Waals surface area contributed by atoms with Gasteiger partial charge in [0.05, 0.1) is 18.6 Å². The molecule has 1 atom stereocenters. The Kier molecular flexibility index (Phi) is 7.07. The van der Waals surface area contributed by atoms with Crippen LogP contribution in [0.25, 0.3) is 0 Å². The minimum atomic E-state index is -3.64. The van der Waals surface area contributed by atoms with Gasteiger partial charge in [0.1, 0.15) is 11.8 Å². The van der Waals surface area contributed by atoms with Crippen LogP contribution in [-0.4, -0.2) is 33.2 Å². The zero-order valence-electron chi connectivity index (χ0n) is 17.0. The van der Waals surface area contributed by atoms with Gasteiger partial charge in [-0.2, -0.15) is 0 Å². The van der Waals surface area contributed by atoms with Crippen LogP contribution in [0, 0.1) is 13.8 Å². The zero-order chi connectivity index (χ0) is 20.9. The van der Waals surface area contributed by atoms with Crippen LogP contribution < -0.4 is 14.4 Å². The Hall–Kier alpha value is -2.54. The highest BCUT2D eigenvalue weighted by Crippen LogP contribution is 2.24. The van der Waals surface area contributed by atoms with E-state index in [1.54, 1.807) is 19.1 Å². The third-order valence-corrected chi connectivity index (χ3v) is 5.75. The van der Waals surface area contributed by atoms with Crippen LogP contribution in [-0.2, 0) is 21.4 Å². The van der Waals surface area contributed by atoms with E-state index < -0.39 is 16.1 Å². The normalized spacial score (nSPS) is 12.3. The summed E-state index contributed by atoms with van der Waals surface area (Å²) in [7, 11) is -3.64. The van der Waals surface area contributed by atoms with E-state index >= 15 is 0 Å². The molecule has 0 unspecified atom stereocenters. The van der Waals surface area contributed by atoms with E-state index in [-0.39, 0.29) is 12.5 Å². The first kappa shape index (κ1) is 21.8. The molecular formula is C21H28N2O4S. The summed E-state index contributed by atoms with van der Waals surface area (Å²) in [6.07, 6.45) is 1.11. The Morgan fingerprint density at radius 2 is 1.86 bits per heavy atom. The maximum Gasteiger partial charge on any atom is 0.243 e. The minimum absolute atomic E-state index is 0.286. The van der Waals surface area contributed by atoms with Crippen molar-refractivity contribution in [3.8, 4) is 5.75 Å². The molecule has 7 heteroatoms. The second kappa shape index (κ2) is 9.10. The lowest BCUT2D eigenvalue weighted by Gasteiger charge is -2.28. The second-order valence-corrected chi connectivity index (χ2v) is 8.66. The Morgan fingerprint density at radius 3 is 2.46 bits per heavy atom. The predicted molar refractivity (Wildman–Crippen MR) is 112 cm³/mol. The largest absolute Gasteiger partial charge is 0.494 e. The topological polar surface area (TPSA) is 75.7 Å². The number of hydrogen-bond acceptors (Lipinski definition) is 4. The molecule has 0 aliphatic heterocycles. The van der Waals surface area contributed by atoms with Crippen molar-refractivity contribution in [3.63, 3.8) is 0 Å². The number of amides is 1. The molecule has 1 amide bonds. The highest BCUT2D eigenvalue weighted by Gasteiger charge is 2.29. The molecule has 152 valence electrons. The zero-order valence-corrected chi connectivity index (χ0v) is 17.8. The number of rotatable bonds is 8. The van der Waals surface area contributed by atoms with Crippen molar-refractivity contribution in [2.45, 2.75) is 40.3 Å². The summed E-state index contributed by atoms with van der Waals surface area (Å²) in [6.45, 7) is 8.21. The van der Waals surface area contributed by atoms with Gasteiger partial charge in [-0.3, -0.25) is 9.10 Å². The van der Waals surface area contributed by atoms with Gasteiger partial charge >= 0.3 is 0 Å². The average Bonchev–Trinajstić information content (AvgIpc) is 2.62. The standard InChI is InChI=1S/C21H28N2O4S/c1-6-27-20-9-7-8-18(13-20)14-22-21(24)17(4)23(28(5,25)26)19-11-10-15(2)16(3)12-19/h7-13,17H,6,14H2,1-5H3,(H,22,24)/t17-/m0/s1. The lowest BCUT2D eigenvalue weighted by molar-refractivity contribution is -0.122. The first-order valence-electron chi connectivity index (χ1n) is 9.19. The monoisotopic (exact) mass is 404 g/mol. The number of aryl methyl sites for hydroxylation is 2. The van der Waals surface area contributed by atoms with Crippen LogP contribution in [0.2, 0.25) is 0 Å². The number of nitrogens with one attached hydrogen (secondary N) is 1. The number of carbonyl (C=O) groups excluding carboxylic acids is 1. The second-order valence-electron chi connectivity index (χ2n) is 6.80. The van der Waals surface area contributed by atoms with Gasteiger partial charge in [0.15, 0.2) is 0 Å². The van der Waals surface area contributed by atoms with Gasteiger partial charge in [0.25, 0.3) is 0 Å². The van der Waals surface area contributed by atoms with Crippen molar-refractivity contribution in [2.75, 3.05) is 17.2 Å². The van der Waals surface area contributed by atoms with E-state index in [9.17, 15) is 13.2 Å². The lowest BCUT2D eigenvalue weighted by atomic mass is 10.1. The molecule has 1 N–H and O–H groups in total. The number of ether oxygens (including phenoxy) is 1. The number of sulfonamides is 1. The average molecular weight is 405 g/mol. The van der Waals surface area contributed by atoms with Crippen molar-refractivity contribution in [1.82, 2.24) is 5.32 Å². The van der Waals surface area contributed by atoms with Gasteiger partial charge in [-0.1, -0.05) is 18.2 Å². The molecule has 6 nitrogen and oxygen atoms in total.